The number of fused-ring (bicyclic) bond motifs is 1. The van der Waals surface area contributed by atoms with Crippen LogP contribution in [0.15, 0.2) is 48.6 Å². The van der Waals surface area contributed by atoms with E-state index in [1.54, 1.807) is 0 Å². The van der Waals surface area contributed by atoms with E-state index >= 15 is 0 Å². The number of allylic oxidation sites excluding steroid dienone is 2. The topological polar surface area (TPSA) is 0 Å². The van der Waals surface area contributed by atoms with Gasteiger partial charge in [0.25, 0.3) is 0 Å². The van der Waals surface area contributed by atoms with Crippen LogP contribution in [-0.2, 0) is 12.8 Å². The lowest BCUT2D eigenvalue weighted by Gasteiger charge is -2.28. The first-order valence-corrected chi connectivity index (χ1v) is 10.3. The molecule has 4 rings (SSSR count). The lowest BCUT2D eigenvalue weighted by molar-refractivity contribution is 0.375. The average molecular weight is 366 g/mol. The fraction of sp³-hybridized carbons (Fsp3) is 0.440. The Morgan fingerprint density at radius 1 is 0.778 bits per heavy atom. The number of benzene rings is 2. The summed E-state index contributed by atoms with van der Waals surface area (Å²) in [7, 11) is 0. The van der Waals surface area contributed by atoms with Gasteiger partial charge < -0.3 is 0 Å². The first kappa shape index (κ1) is 18.4. The maximum atomic E-state index is 13.6. The normalized spacial score (nSPS) is 25.5. The van der Waals surface area contributed by atoms with Gasteiger partial charge in [-0.15, -0.1) is 0 Å². The Morgan fingerprint density at radius 2 is 1.37 bits per heavy atom. The van der Waals surface area contributed by atoms with Crippen LogP contribution in [0.4, 0.5) is 8.78 Å². The van der Waals surface area contributed by atoms with Gasteiger partial charge in [-0.2, -0.15) is 0 Å². The molecule has 1 unspecified atom stereocenters. The molecule has 27 heavy (non-hydrogen) atoms. The summed E-state index contributed by atoms with van der Waals surface area (Å²) in [6.45, 7) is 2.11. The van der Waals surface area contributed by atoms with Crippen LogP contribution in [0.1, 0.15) is 73.1 Å². The maximum absolute atomic E-state index is 13.6. The molecule has 0 N–H and O–H groups in total. The SMILES string of the molecule is C/C=C/C1CCC(c2ccc(C3CCc4cc(F)c(F)cc4C3)cc2)CC1. The molecule has 0 saturated heterocycles. The highest BCUT2D eigenvalue weighted by atomic mass is 19.2. The fourth-order valence-electron chi connectivity index (χ4n) is 4.99. The number of aryl methyl sites for hydroxylation is 1. The molecular weight excluding hydrogens is 338 g/mol. The summed E-state index contributed by atoms with van der Waals surface area (Å²) in [6, 6.07) is 11.9. The summed E-state index contributed by atoms with van der Waals surface area (Å²) in [5, 5.41) is 0. The maximum Gasteiger partial charge on any atom is 0.159 e. The smallest absolute Gasteiger partial charge is 0.159 e. The molecule has 2 aromatic carbocycles. The van der Waals surface area contributed by atoms with Crippen molar-refractivity contribution in [2.45, 2.75) is 63.7 Å². The Hall–Kier alpha value is -1.96. The van der Waals surface area contributed by atoms with Gasteiger partial charge in [0.15, 0.2) is 11.6 Å². The Bertz CT molecular complexity index is 811. The van der Waals surface area contributed by atoms with E-state index < -0.39 is 11.6 Å². The van der Waals surface area contributed by atoms with Crippen molar-refractivity contribution in [2.24, 2.45) is 5.92 Å². The standard InChI is InChI=1S/C25H28F2/c1-2-3-17-4-6-18(7-5-17)19-8-10-20(11-9-19)21-12-13-22-15-24(26)25(27)16-23(22)14-21/h2-3,8-11,15-18,21H,4-7,12-14H2,1H3/b3-2+. The fourth-order valence-corrected chi connectivity index (χ4v) is 4.99. The minimum Gasteiger partial charge on any atom is -0.204 e. The molecule has 142 valence electrons. The van der Waals surface area contributed by atoms with Crippen LogP contribution in [0.3, 0.4) is 0 Å². The molecule has 0 amide bonds. The number of hydrogen-bond donors (Lipinski definition) is 0. The molecule has 2 heteroatoms. The molecule has 0 aromatic heterocycles. The van der Waals surface area contributed by atoms with Crippen molar-refractivity contribution in [1.29, 1.82) is 0 Å². The minimum absolute atomic E-state index is 0.404. The first-order valence-electron chi connectivity index (χ1n) is 10.3. The van der Waals surface area contributed by atoms with Crippen LogP contribution in [-0.4, -0.2) is 0 Å². The molecule has 1 atom stereocenters. The van der Waals surface area contributed by atoms with Crippen LogP contribution in [0.5, 0.6) is 0 Å². The van der Waals surface area contributed by atoms with E-state index in [0.29, 0.717) is 11.8 Å². The summed E-state index contributed by atoms with van der Waals surface area (Å²) in [5.74, 6) is 0.406. The van der Waals surface area contributed by atoms with Gasteiger partial charge in [0.1, 0.15) is 0 Å². The third-order valence-electron chi connectivity index (χ3n) is 6.59. The number of hydrogen-bond acceptors (Lipinski definition) is 0. The quantitative estimate of drug-likeness (QED) is 0.509. The molecule has 1 saturated carbocycles. The molecule has 0 nitrogen and oxygen atoms in total. The molecule has 0 spiro atoms. The van der Waals surface area contributed by atoms with Gasteiger partial charge in [-0.25, -0.2) is 8.78 Å². The monoisotopic (exact) mass is 366 g/mol. The Labute approximate surface area is 161 Å². The highest BCUT2D eigenvalue weighted by Gasteiger charge is 2.24. The van der Waals surface area contributed by atoms with E-state index in [0.717, 1.165) is 36.3 Å². The highest BCUT2D eigenvalue weighted by Crippen LogP contribution is 2.38. The first-order chi connectivity index (χ1) is 13.1. The van der Waals surface area contributed by atoms with Gasteiger partial charge in [-0.05, 0) is 104 Å². The second-order valence-corrected chi connectivity index (χ2v) is 8.28. The zero-order valence-electron chi connectivity index (χ0n) is 16.1. The second-order valence-electron chi connectivity index (χ2n) is 8.28. The van der Waals surface area contributed by atoms with Crippen LogP contribution >= 0.6 is 0 Å². The molecular formula is C25H28F2. The summed E-state index contributed by atoms with van der Waals surface area (Å²) in [5.41, 5.74) is 4.73. The molecule has 0 heterocycles. The van der Waals surface area contributed by atoms with E-state index in [9.17, 15) is 8.78 Å². The van der Waals surface area contributed by atoms with Crippen LogP contribution in [0.25, 0.3) is 0 Å². The summed E-state index contributed by atoms with van der Waals surface area (Å²) >= 11 is 0. The molecule has 2 aliphatic rings. The van der Waals surface area contributed by atoms with E-state index in [1.165, 1.54) is 48.9 Å². The predicted octanol–water partition coefficient (Wildman–Crippen LogP) is 7.09. The van der Waals surface area contributed by atoms with Gasteiger partial charge >= 0.3 is 0 Å². The molecule has 2 aliphatic carbocycles. The largest absolute Gasteiger partial charge is 0.204 e. The summed E-state index contributed by atoms with van der Waals surface area (Å²) < 4.78 is 27.0. The van der Waals surface area contributed by atoms with E-state index in [2.05, 4.69) is 43.3 Å². The van der Waals surface area contributed by atoms with Gasteiger partial charge in [-0.3, -0.25) is 0 Å². The van der Waals surface area contributed by atoms with Crippen molar-refractivity contribution in [1.82, 2.24) is 0 Å². The molecule has 0 bridgehead atoms. The number of rotatable bonds is 3. The molecule has 0 radical (unpaired) electrons. The predicted molar refractivity (Wildman–Crippen MR) is 107 cm³/mol. The molecule has 1 fully saturated rings. The van der Waals surface area contributed by atoms with Crippen molar-refractivity contribution < 1.29 is 8.78 Å². The lowest BCUT2D eigenvalue weighted by atomic mass is 9.77. The summed E-state index contributed by atoms with van der Waals surface area (Å²) in [4.78, 5) is 0. The van der Waals surface area contributed by atoms with Gasteiger partial charge in [-0.1, -0.05) is 36.4 Å². The van der Waals surface area contributed by atoms with Crippen molar-refractivity contribution in [3.63, 3.8) is 0 Å². The van der Waals surface area contributed by atoms with Crippen molar-refractivity contribution >= 4 is 0 Å². The zero-order valence-corrected chi connectivity index (χ0v) is 16.1. The Kier molecular flexibility index (Phi) is 5.43. The average Bonchev–Trinajstić information content (AvgIpc) is 2.70. The minimum atomic E-state index is -0.724. The third-order valence-corrected chi connectivity index (χ3v) is 6.59. The zero-order chi connectivity index (χ0) is 18.8. The molecule has 2 aromatic rings. The van der Waals surface area contributed by atoms with Crippen LogP contribution in [0.2, 0.25) is 0 Å². The summed E-state index contributed by atoms with van der Waals surface area (Å²) in [6.07, 6.45) is 12.3. The third kappa shape index (κ3) is 4.00. The van der Waals surface area contributed by atoms with Gasteiger partial charge in [0.05, 0.1) is 0 Å². The van der Waals surface area contributed by atoms with Gasteiger partial charge in [0, 0.05) is 0 Å². The van der Waals surface area contributed by atoms with Crippen molar-refractivity contribution in [3.8, 4) is 0 Å². The lowest BCUT2D eigenvalue weighted by Crippen LogP contribution is -2.14. The van der Waals surface area contributed by atoms with Crippen LogP contribution in [0, 0.1) is 17.6 Å². The van der Waals surface area contributed by atoms with E-state index in [4.69, 9.17) is 0 Å². The highest BCUT2D eigenvalue weighted by molar-refractivity contribution is 5.36. The van der Waals surface area contributed by atoms with E-state index in [-0.39, 0.29) is 0 Å². The van der Waals surface area contributed by atoms with Crippen LogP contribution < -0.4 is 0 Å². The second kappa shape index (κ2) is 7.96. The van der Waals surface area contributed by atoms with Gasteiger partial charge in [0.2, 0.25) is 0 Å². The van der Waals surface area contributed by atoms with Crippen molar-refractivity contribution in [2.75, 3.05) is 0 Å². The Morgan fingerprint density at radius 3 is 2.00 bits per heavy atom. The Balaban J connectivity index is 1.43. The van der Waals surface area contributed by atoms with E-state index in [1.807, 2.05) is 0 Å². The van der Waals surface area contributed by atoms with Crippen molar-refractivity contribution in [3.05, 3.63) is 82.4 Å². The molecule has 0 aliphatic heterocycles. The number of halogens is 2.